The molecule has 8 heteroatoms. The van der Waals surface area contributed by atoms with Gasteiger partial charge in [-0.05, 0) is 56.2 Å². The zero-order valence-electron chi connectivity index (χ0n) is 17.3. The molecule has 1 unspecified atom stereocenters. The first-order valence-electron chi connectivity index (χ1n) is 9.71. The summed E-state index contributed by atoms with van der Waals surface area (Å²) in [5, 5.41) is 3.27. The van der Waals surface area contributed by atoms with Crippen molar-refractivity contribution >= 4 is 35.0 Å². The molecule has 0 heterocycles. The number of carbonyl (C=O) groups is 3. The monoisotopic (exact) mass is 431 g/mol. The molecule has 2 aromatic rings. The Labute approximate surface area is 181 Å². The van der Waals surface area contributed by atoms with Gasteiger partial charge in [0, 0.05) is 29.1 Å². The van der Waals surface area contributed by atoms with E-state index in [9.17, 15) is 14.4 Å². The van der Waals surface area contributed by atoms with Gasteiger partial charge in [0.25, 0.3) is 5.91 Å². The minimum Gasteiger partial charge on any atom is -0.491 e. The summed E-state index contributed by atoms with van der Waals surface area (Å²) in [6.07, 6.45) is 0.760. The van der Waals surface area contributed by atoms with E-state index in [1.165, 1.54) is 0 Å². The number of halogens is 1. The zero-order valence-corrected chi connectivity index (χ0v) is 18.0. The first-order chi connectivity index (χ1) is 14.3. The fraction of sp³-hybridized carbons (Fsp3) is 0.318. The standard InChI is InChI=1S/C22H26ClN3O4/c1-4-14(2)30-17-8-5-7-16(13-17)22(29)26-25-21(28)12-11-20(27)24-19-10-6-9-18(23)15(19)3/h5-10,13-14H,4,11-12H2,1-3H3,(H,24,27)(H,25,28)(H,26,29). The van der Waals surface area contributed by atoms with Gasteiger partial charge in [0.15, 0.2) is 0 Å². The molecule has 0 aliphatic rings. The van der Waals surface area contributed by atoms with Crippen LogP contribution >= 0.6 is 11.6 Å². The third kappa shape index (κ3) is 7.08. The van der Waals surface area contributed by atoms with Gasteiger partial charge in [-0.25, -0.2) is 0 Å². The Morgan fingerprint density at radius 1 is 1.03 bits per heavy atom. The highest BCUT2D eigenvalue weighted by molar-refractivity contribution is 6.31. The Balaban J connectivity index is 1.79. The van der Waals surface area contributed by atoms with Crippen LogP contribution in [0.3, 0.4) is 0 Å². The smallest absolute Gasteiger partial charge is 0.269 e. The van der Waals surface area contributed by atoms with Crippen LogP contribution in [0.15, 0.2) is 42.5 Å². The van der Waals surface area contributed by atoms with Gasteiger partial charge in [-0.2, -0.15) is 0 Å². The summed E-state index contributed by atoms with van der Waals surface area (Å²) < 4.78 is 5.69. The third-order valence-corrected chi connectivity index (χ3v) is 4.85. The minimum absolute atomic E-state index is 0.0323. The highest BCUT2D eigenvalue weighted by Crippen LogP contribution is 2.23. The van der Waals surface area contributed by atoms with E-state index in [0.29, 0.717) is 22.0 Å². The maximum atomic E-state index is 12.2. The summed E-state index contributed by atoms with van der Waals surface area (Å²) in [5.41, 5.74) is 6.36. The molecule has 160 valence electrons. The quantitative estimate of drug-likeness (QED) is 0.550. The van der Waals surface area contributed by atoms with Crippen molar-refractivity contribution in [2.45, 2.75) is 46.1 Å². The second kappa shape index (κ2) is 11.2. The van der Waals surface area contributed by atoms with Crippen molar-refractivity contribution in [2.24, 2.45) is 0 Å². The van der Waals surface area contributed by atoms with Crippen LogP contribution in [0.2, 0.25) is 5.02 Å². The van der Waals surface area contributed by atoms with Crippen molar-refractivity contribution in [1.29, 1.82) is 0 Å². The van der Waals surface area contributed by atoms with Gasteiger partial charge in [-0.1, -0.05) is 30.7 Å². The Morgan fingerprint density at radius 3 is 2.47 bits per heavy atom. The highest BCUT2D eigenvalue weighted by atomic mass is 35.5. The molecule has 3 amide bonds. The Morgan fingerprint density at radius 2 is 1.73 bits per heavy atom. The molecule has 3 N–H and O–H groups in total. The van der Waals surface area contributed by atoms with E-state index in [0.717, 1.165) is 12.0 Å². The van der Waals surface area contributed by atoms with Crippen molar-refractivity contribution in [1.82, 2.24) is 10.9 Å². The number of hydrogen-bond donors (Lipinski definition) is 3. The molecule has 0 fully saturated rings. The number of nitrogens with one attached hydrogen (secondary N) is 3. The lowest BCUT2D eigenvalue weighted by molar-refractivity contribution is -0.124. The average Bonchev–Trinajstić information content (AvgIpc) is 2.73. The molecule has 2 aromatic carbocycles. The third-order valence-electron chi connectivity index (χ3n) is 4.44. The Bertz CT molecular complexity index is 917. The van der Waals surface area contributed by atoms with E-state index in [1.54, 1.807) is 49.4 Å². The van der Waals surface area contributed by atoms with Crippen molar-refractivity contribution in [3.8, 4) is 5.75 Å². The summed E-state index contributed by atoms with van der Waals surface area (Å²) in [4.78, 5) is 36.2. The SMILES string of the molecule is CCC(C)Oc1cccc(C(=O)NNC(=O)CCC(=O)Nc2cccc(Cl)c2C)c1. The molecule has 0 bridgehead atoms. The fourth-order valence-corrected chi connectivity index (χ4v) is 2.64. The number of carbonyl (C=O) groups excluding carboxylic acids is 3. The number of anilines is 1. The number of rotatable bonds is 8. The predicted molar refractivity (Wildman–Crippen MR) is 116 cm³/mol. The first kappa shape index (κ1) is 23.2. The largest absolute Gasteiger partial charge is 0.491 e. The molecule has 30 heavy (non-hydrogen) atoms. The van der Waals surface area contributed by atoms with Gasteiger partial charge in [-0.3, -0.25) is 25.2 Å². The maximum absolute atomic E-state index is 12.2. The molecular formula is C22H26ClN3O4. The molecule has 7 nitrogen and oxygen atoms in total. The van der Waals surface area contributed by atoms with Gasteiger partial charge in [-0.15, -0.1) is 0 Å². The summed E-state index contributed by atoms with van der Waals surface area (Å²) in [6, 6.07) is 11.9. The second-order valence-corrected chi connectivity index (χ2v) is 7.23. The van der Waals surface area contributed by atoms with Crippen molar-refractivity contribution < 1.29 is 19.1 Å². The molecule has 2 rings (SSSR count). The van der Waals surface area contributed by atoms with Crippen LogP contribution in [-0.4, -0.2) is 23.8 Å². The molecule has 0 saturated carbocycles. The lowest BCUT2D eigenvalue weighted by Crippen LogP contribution is -2.41. The normalized spacial score (nSPS) is 11.3. The number of hydrogen-bond acceptors (Lipinski definition) is 4. The minimum atomic E-state index is -0.478. The van der Waals surface area contributed by atoms with Crippen LogP contribution < -0.4 is 20.9 Å². The Hall–Kier alpha value is -3.06. The van der Waals surface area contributed by atoms with Crippen molar-refractivity contribution in [2.75, 3.05) is 5.32 Å². The van der Waals surface area contributed by atoms with Crippen LogP contribution in [0.4, 0.5) is 5.69 Å². The summed E-state index contributed by atoms with van der Waals surface area (Å²) in [6.45, 7) is 5.74. The molecular weight excluding hydrogens is 406 g/mol. The van der Waals surface area contributed by atoms with Crippen LogP contribution in [0, 0.1) is 6.92 Å². The summed E-state index contributed by atoms with van der Waals surface area (Å²) >= 11 is 6.02. The van der Waals surface area contributed by atoms with E-state index in [1.807, 2.05) is 13.8 Å². The molecule has 1 atom stereocenters. The Kier molecular flexibility index (Phi) is 8.68. The molecule has 0 aliphatic carbocycles. The van der Waals surface area contributed by atoms with E-state index >= 15 is 0 Å². The fourth-order valence-electron chi connectivity index (χ4n) is 2.47. The van der Waals surface area contributed by atoms with Crippen LogP contribution in [0.25, 0.3) is 0 Å². The predicted octanol–water partition coefficient (Wildman–Crippen LogP) is 4.01. The van der Waals surface area contributed by atoms with Crippen LogP contribution in [0.5, 0.6) is 5.75 Å². The zero-order chi connectivity index (χ0) is 22.1. The van der Waals surface area contributed by atoms with Crippen LogP contribution in [-0.2, 0) is 9.59 Å². The first-order valence-corrected chi connectivity index (χ1v) is 10.1. The second-order valence-electron chi connectivity index (χ2n) is 6.83. The van der Waals surface area contributed by atoms with E-state index in [4.69, 9.17) is 16.3 Å². The lowest BCUT2D eigenvalue weighted by atomic mass is 10.2. The number of ether oxygens (including phenoxy) is 1. The van der Waals surface area contributed by atoms with Gasteiger partial charge in [0.1, 0.15) is 5.75 Å². The summed E-state index contributed by atoms with van der Waals surface area (Å²) in [7, 11) is 0. The van der Waals surface area contributed by atoms with Gasteiger partial charge >= 0.3 is 0 Å². The average molecular weight is 432 g/mol. The molecule has 0 radical (unpaired) electrons. The van der Waals surface area contributed by atoms with Crippen LogP contribution in [0.1, 0.15) is 49.0 Å². The van der Waals surface area contributed by atoms with Crippen molar-refractivity contribution in [3.05, 3.63) is 58.6 Å². The van der Waals surface area contributed by atoms with Crippen molar-refractivity contribution in [3.63, 3.8) is 0 Å². The highest BCUT2D eigenvalue weighted by Gasteiger charge is 2.12. The molecule has 0 aromatic heterocycles. The number of hydrazine groups is 1. The lowest BCUT2D eigenvalue weighted by Gasteiger charge is -2.13. The van der Waals surface area contributed by atoms with Gasteiger partial charge in [0.2, 0.25) is 11.8 Å². The van der Waals surface area contributed by atoms with E-state index < -0.39 is 11.8 Å². The maximum Gasteiger partial charge on any atom is 0.269 e. The number of amides is 3. The van der Waals surface area contributed by atoms with Gasteiger partial charge < -0.3 is 10.1 Å². The molecule has 0 aliphatic heterocycles. The van der Waals surface area contributed by atoms with E-state index in [-0.39, 0.29) is 24.9 Å². The topological polar surface area (TPSA) is 96.5 Å². The van der Waals surface area contributed by atoms with Gasteiger partial charge in [0.05, 0.1) is 6.10 Å². The van der Waals surface area contributed by atoms with E-state index in [2.05, 4.69) is 16.2 Å². The number of benzene rings is 2. The molecule has 0 spiro atoms. The molecule has 0 saturated heterocycles. The summed E-state index contributed by atoms with van der Waals surface area (Å²) in [5.74, 6) is -0.696.